The number of anilines is 1. The first-order chi connectivity index (χ1) is 15.8. The normalized spacial score (nSPS) is 16.7. The van der Waals surface area contributed by atoms with Crippen LogP contribution in [0.15, 0.2) is 79.4 Å². The first-order valence-corrected chi connectivity index (χ1v) is 10.9. The Morgan fingerprint density at radius 2 is 1.88 bits per heavy atom. The first-order valence-electron chi connectivity index (χ1n) is 10.9. The quantitative estimate of drug-likeness (QED) is 0.417. The van der Waals surface area contributed by atoms with E-state index < -0.39 is 0 Å². The Hall–Kier alpha value is -3.77. The minimum atomic E-state index is 0.236. The molecule has 0 bridgehead atoms. The van der Waals surface area contributed by atoms with Crippen molar-refractivity contribution in [1.29, 1.82) is 0 Å². The van der Waals surface area contributed by atoms with E-state index in [1.54, 1.807) is 0 Å². The maximum absolute atomic E-state index is 5.64. The monoisotopic (exact) mass is 421 g/mol. The molecule has 0 N–H and O–H groups in total. The largest absolute Gasteiger partial charge is 0.375 e. The van der Waals surface area contributed by atoms with E-state index in [2.05, 4.69) is 68.8 Å². The second kappa shape index (κ2) is 7.73. The number of pyridine rings is 3. The molecular weight excluding hydrogens is 398 g/mol. The van der Waals surface area contributed by atoms with Gasteiger partial charge in [-0.2, -0.15) is 0 Å². The van der Waals surface area contributed by atoms with Gasteiger partial charge < -0.3 is 9.64 Å². The molecule has 4 aromatic heterocycles. The molecule has 0 radical (unpaired) electrons. The van der Waals surface area contributed by atoms with Crippen LogP contribution < -0.4 is 4.90 Å². The molecule has 6 nitrogen and oxygen atoms in total. The highest BCUT2D eigenvalue weighted by Gasteiger charge is 2.18. The van der Waals surface area contributed by atoms with Crippen LogP contribution in [-0.2, 0) is 4.74 Å². The molecule has 1 saturated heterocycles. The number of fused-ring (bicyclic) bond motifs is 2. The van der Waals surface area contributed by atoms with Gasteiger partial charge in [-0.15, -0.1) is 0 Å². The third kappa shape index (κ3) is 3.29. The molecule has 1 aliphatic rings. The molecule has 1 aliphatic heterocycles. The predicted octanol–water partition coefficient (Wildman–Crippen LogP) is 4.84. The van der Waals surface area contributed by atoms with Crippen LogP contribution in [0.1, 0.15) is 6.92 Å². The van der Waals surface area contributed by atoms with Gasteiger partial charge in [-0.05, 0) is 48.9 Å². The average Bonchev–Trinajstić information content (AvgIpc) is 3.27. The van der Waals surface area contributed by atoms with E-state index in [4.69, 9.17) is 9.72 Å². The summed E-state index contributed by atoms with van der Waals surface area (Å²) in [5, 5.41) is 1.12. The molecule has 0 aliphatic carbocycles. The smallest absolute Gasteiger partial charge is 0.137 e. The van der Waals surface area contributed by atoms with Crippen LogP contribution in [0.2, 0.25) is 0 Å². The van der Waals surface area contributed by atoms with E-state index in [1.165, 1.54) is 0 Å². The van der Waals surface area contributed by atoms with E-state index in [9.17, 15) is 0 Å². The van der Waals surface area contributed by atoms with E-state index in [0.29, 0.717) is 0 Å². The van der Waals surface area contributed by atoms with Gasteiger partial charge in [-0.1, -0.05) is 18.2 Å². The minimum Gasteiger partial charge on any atom is -0.375 e. The Balaban J connectivity index is 1.34. The van der Waals surface area contributed by atoms with Crippen LogP contribution in [0.5, 0.6) is 0 Å². The third-order valence-electron chi connectivity index (χ3n) is 6.08. The number of hydrogen-bond donors (Lipinski definition) is 0. The van der Waals surface area contributed by atoms with Crippen molar-refractivity contribution in [2.45, 2.75) is 13.0 Å². The van der Waals surface area contributed by atoms with Crippen molar-refractivity contribution in [1.82, 2.24) is 19.4 Å². The molecule has 0 amide bonds. The van der Waals surface area contributed by atoms with Crippen LogP contribution in [-0.4, -0.2) is 45.2 Å². The van der Waals surface area contributed by atoms with Gasteiger partial charge in [0.15, 0.2) is 0 Å². The fourth-order valence-electron chi connectivity index (χ4n) is 4.45. The van der Waals surface area contributed by atoms with Crippen LogP contribution in [0, 0.1) is 0 Å². The van der Waals surface area contributed by atoms with Gasteiger partial charge in [-0.3, -0.25) is 9.38 Å². The second-order valence-corrected chi connectivity index (χ2v) is 8.20. The molecule has 32 heavy (non-hydrogen) atoms. The molecule has 6 rings (SSSR count). The second-order valence-electron chi connectivity index (χ2n) is 8.20. The lowest BCUT2D eigenvalue weighted by Crippen LogP contribution is -2.41. The Kier molecular flexibility index (Phi) is 4.58. The van der Waals surface area contributed by atoms with Crippen LogP contribution in [0.4, 0.5) is 5.82 Å². The molecule has 0 unspecified atom stereocenters. The summed E-state index contributed by atoms with van der Waals surface area (Å²) in [6.45, 7) is 4.60. The molecule has 5 heterocycles. The molecular formula is C26H23N5O. The van der Waals surface area contributed by atoms with Crippen molar-refractivity contribution in [3.8, 4) is 22.4 Å². The van der Waals surface area contributed by atoms with Gasteiger partial charge in [-0.25, -0.2) is 9.97 Å². The number of para-hydroxylation sites is 1. The summed E-state index contributed by atoms with van der Waals surface area (Å²) in [4.78, 5) is 16.2. The maximum Gasteiger partial charge on any atom is 0.137 e. The zero-order valence-electron chi connectivity index (χ0n) is 17.8. The summed E-state index contributed by atoms with van der Waals surface area (Å²) < 4.78 is 7.77. The van der Waals surface area contributed by atoms with Gasteiger partial charge >= 0.3 is 0 Å². The zero-order chi connectivity index (χ0) is 21.5. The van der Waals surface area contributed by atoms with Crippen molar-refractivity contribution < 1.29 is 4.74 Å². The van der Waals surface area contributed by atoms with Gasteiger partial charge in [0.05, 0.1) is 30.1 Å². The SMILES string of the molecule is C[C@H]1CN(c2ccc(-c3ccn4c(-c5ccnc6ccccc56)cnc4c3)cn2)CCO1. The summed E-state index contributed by atoms with van der Waals surface area (Å²) in [6, 6.07) is 18.7. The molecule has 158 valence electrons. The number of ether oxygens (including phenoxy) is 1. The van der Waals surface area contributed by atoms with Crippen molar-refractivity contribution in [3.63, 3.8) is 0 Å². The highest BCUT2D eigenvalue weighted by molar-refractivity contribution is 5.93. The van der Waals surface area contributed by atoms with Crippen LogP contribution >= 0.6 is 0 Å². The van der Waals surface area contributed by atoms with Gasteiger partial charge in [0.25, 0.3) is 0 Å². The van der Waals surface area contributed by atoms with Gasteiger partial charge in [0.2, 0.25) is 0 Å². The summed E-state index contributed by atoms with van der Waals surface area (Å²) >= 11 is 0. The first kappa shape index (κ1) is 19.0. The maximum atomic E-state index is 5.64. The lowest BCUT2D eigenvalue weighted by Gasteiger charge is -2.32. The van der Waals surface area contributed by atoms with E-state index in [-0.39, 0.29) is 6.10 Å². The molecule has 1 fully saturated rings. The molecule has 5 aromatic rings. The Morgan fingerprint density at radius 3 is 2.75 bits per heavy atom. The fraction of sp³-hybridized carbons (Fsp3) is 0.192. The minimum absolute atomic E-state index is 0.236. The summed E-state index contributed by atoms with van der Waals surface area (Å²) in [5.74, 6) is 0.998. The average molecular weight is 422 g/mol. The number of nitrogens with zero attached hydrogens (tertiary/aromatic N) is 5. The Labute approximate surface area is 186 Å². The molecule has 6 heteroatoms. The summed E-state index contributed by atoms with van der Waals surface area (Å²) in [5.41, 5.74) is 6.25. The van der Waals surface area contributed by atoms with E-state index >= 15 is 0 Å². The third-order valence-corrected chi connectivity index (χ3v) is 6.08. The van der Waals surface area contributed by atoms with Gasteiger partial charge in [0.1, 0.15) is 11.5 Å². The van der Waals surface area contributed by atoms with E-state index in [1.807, 2.05) is 36.8 Å². The topological polar surface area (TPSA) is 55.5 Å². The van der Waals surface area contributed by atoms with Crippen molar-refractivity contribution in [2.75, 3.05) is 24.6 Å². The van der Waals surface area contributed by atoms with Gasteiger partial charge in [0, 0.05) is 48.2 Å². The van der Waals surface area contributed by atoms with Crippen molar-refractivity contribution >= 4 is 22.4 Å². The lowest BCUT2D eigenvalue weighted by atomic mass is 10.1. The Bertz CT molecular complexity index is 1400. The number of rotatable bonds is 3. The highest BCUT2D eigenvalue weighted by Crippen LogP contribution is 2.30. The summed E-state index contributed by atoms with van der Waals surface area (Å²) in [7, 11) is 0. The van der Waals surface area contributed by atoms with Crippen LogP contribution in [0.25, 0.3) is 38.9 Å². The fourth-order valence-corrected chi connectivity index (χ4v) is 4.45. The van der Waals surface area contributed by atoms with E-state index in [0.717, 1.165) is 64.4 Å². The van der Waals surface area contributed by atoms with Crippen molar-refractivity contribution in [3.05, 3.63) is 79.4 Å². The number of hydrogen-bond acceptors (Lipinski definition) is 5. The molecule has 0 spiro atoms. The summed E-state index contributed by atoms with van der Waals surface area (Å²) in [6.07, 6.45) is 8.05. The lowest BCUT2D eigenvalue weighted by molar-refractivity contribution is 0.0529. The predicted molar refractivity (Wildman–Crippen MR) is 127 cm³/mol. The number of benzene rings is 1. The highest BCUT2D eigenvalue weighted by atomic mass is 16.5. The zero-order valence-corrected chi connectivity index (χ0v) is 17.8. The number of imidazole rings is 1. The Morgan fingerprint density at radius 1 is 0.938 bits per heavy atom. The molecule has 1 aromatic carbocycles. The number of morpholine rings is 1. The standard InChI is InChI=1S/C26H23N5O/c1-18-17-30(12-13-32-18)25-7-6-20(15-28-25)19-9-11-31-24(16-29-26(31)14-19)22-8-10-27-23-5-3-2-4-21(22)23/h2-11,14-16,18H,12-13,17H2,1H3/t18-/m0/s1. The molecule has 1 atom stereocenters. The molecule has 0 saturated carbocycles. The number of aromatic nitrogens is 4. The van der Waals surface area contributed by atoms with Crippen LogP contribution in [0.3, 0.4) is 0 Å². The van der Waals surface area contributed by atoms with Crippen molar-refractivity contribution in [2.24, 2.45) is 0 Å².